The van der Waals surface area contributed by atoms with Gasteiger partial charge in [-0.15, -0.1) is 5.10 Å². The van der Waals surface area contributed by atoms with Crippen molar-refractivity contribution in [3.8, 4) is 0 Å². The molecule has 0 aliphatic carbocycles. The summed E-state index contributed by atoms with van der Waals surface area (Å²) < 4.78 is 23.3. The summed E-state index contributed by atoms with van der Waals surface area (Å²) in [5.74, 6) is 0. The van der Waals surface area contributed by atoms with E-state index in [0.717, 1.165) is 6.20 Å². The fraction of sp³-hybridized carbons (Fsp3) is 0. The molecule has 2 N–H and O–H groups in total. The second-order valence-electron chi connectivity index (χ2n) is 2.37. The summed E-state index contributed by atoms with van der Waals surface area (Å²) in [6.45, 7) is 0. The Morgan fingerprint density at radius 1 is 1.38 bits per heavy atom. The van der Waals surface area contributed by atoms with Gasteiger partial charge in [-0.25, -0.2) is 23.1 Å². The van der Waals surface area contributed by atoms with Gasteiger partial charge in [0.25, 0.3) is 0 Å². The third kappa shape index (κ3) is 1.25. The van der Waals surface area contributed by atoms with E-state index in [0.29, 0.717) is 5.52 Å². The summed E-state index contributed by atoms with van der Waals surface area (Å²) in [7, 11) is -3.76. The van der Waals surface area contributed by atoms with Gasteiger partial charge in [-0.2, -0.15) is 0 Å². The molecule has 0 aromatic carbocycles. The third-order valence-corrected chi connectivity index (χ3v) is 2.43. The van der Waals surface area contributed by atoms with Gasteiger partial charge in [0.1, 0.15) is 16.7 Å². The first kappa shape index (κ1) is 8.08. The molecule has 0 unspecified atom stereocenters. The van der Waals surface area contributed by atoms with Gasteiger partial charge in [-0.1, -0.05) is 5.21 Å². The number of aromatic nitrogens is 4. The molecule has 0 bridgehead atoms. The van der Waals surface area contributed by atoms with Crippen LogP contribution in [0.3, 0.4) is 0 Å². The van der Waals surface area contributed by atoms with Crippen LogP contribution in [-0.2, 0) is 10.0 Å². The van der Waals surface area contributed by atoms with E-state index in [4.69, 9.17) is 5.14 Å². The van der Waals surface area contributed by atoms with Crippen LogP contribution in [0.4, 0.5) is 0 Å². The molecule has 68 valence electrons. The number of rotatable bonds is 1. The zero-order chi connectivity index (χ0) is 9.47. The minimum absolute atomic E-state index is 0.0833. The van der Waals surface area contributed by atoms with Crippen molar-refractivity contribution in [2.24, 2.45) is 5.14 Å². The second kappa shape index (κ2) is 2.47. The number of nitrogens with two attached hydrogens (primary N) is 1. The molecule has 0 aliphatic heterocycles. The smallest absolute Gasteiger partial charge is 0.241 e. The monoisotopic (exact) mass is 199 g/mol. The Kier molecular flexibility index (Phi) is 1.54. The highest BCUT2D eigenvalue weighted by atomic mass is 32.2. The molecule has 0 spiro atoms. The normalized spacial score (nSPS) is 12.1. The van der Waals surface area contributed by atoms with Crippen molar-refractivity contribution >= 4 is 15.5 Å². The molecule has 0 aliphatic rings. The van der Waals surface area contributed by atoms with Gasteiger partial charge in [0.2, 0.25) is 10.0 Å². The van der Waals surface area contributed by atoms with Crippen molar-refractivity contribution in [3.63, 3.8) is 0 Å². The van der Waals surface area contributed by atoms with Crippen LogP contribution in [0, 0.1) is 0 Å². The van der Waals surface area contributed by atoms with Crippen LogP contribution in [0.2, 0.25) is 0 Å². The highest BCUT2D eigenvalue weighted by Crippen LogP contribution is 2.11. The molecule has 0 fully saturated rings. The van der Waals surface area contributed by atoms with Crippen LogP contribution >= 0.6 is 0 Å². The molecule has 2 aromatic rings. The Labute approximate surface area is 73.2 Å². The van der Waals surface area contributed by atoms with Crippen molar-refractivity contribution in [3.05, 3.63) is 18.7 Å². The molecule has 0 atom stereocenters. The molecule has 2 rings (SSSR count). The molecule has 8 heteroatoms. The van der Waals surface area contributed by atoms with E-state index in [2.05, 4.69) is 15.3 Å². The first-order valence-corrected chi connectivity index (χ1v) is 4.80. The van der Waals surface area contributed by atoms with Crippen molar-refractivity contribution in [1.29, 1.82) is 0 Å². The minimum Gasteiger partial charge on any atom is -0.243 e. The van der Waals surface area contributed by atoms with Gasteiger partial charge >= 0.3 is 0 Å². The van der Waals surface area contributed by atoms with Crippen LogP contribution in [0.1, 0.15) is 0 Å². The zero-order valence-corrected chi connectivity index (χ0v) is 7.14. The van der Waals surface area contributed by atoms with E-state index in [1.807, 2.05) is 0 Å². The van der Waals surface area contributed by atoms with E-state index in [1.165, 1.54) is 17.0 Å². The number of sulfonamides is 1. The zero-order valence-electron chi connectivity index (χ0n) is 6.32. The predicted molar refractivity (Wildman–Crippen MR) is 42.2 cm³/mol. The highest BCUT2D eigenvalue weighted by molar-refractivity contribution is 7.89. The summed E-state index contributed by atoms with van der Waals surface area (Å²) in [5.41, 5.74) is 0.317. The summed E-state index contributed by atoms with van der Waals surface area (Å²) in [6, 6.07) is 0. The average Bonchev–Trinajstić information content (AvgIpc) is 2.48. The SMILES string of the molecule is NS(=O)(=O)c1cncn2nncc12. The van der Waals surface area contributed by atoms with E-state index in [1.54, 1.807) is 0 Å². The van der Waals surface area contributed by atoms with E-state index in [-0.39, 0.29) is 4.90 Å². The fourth-order valence-electron chi connectivity index (χ4n) is 0.955. The molecule has 0 saturated carbocycles. The van der Waals surface area contributed by atoms with Crippen molar-refractivity contribution < 1.29 is 8.42 Å². The van der Waals surface area contributed by atoms with Gasteiger partial charge < -0.3 is 0 Å². The lowest BCUT2D eigenvalue weighted by Gasteiger charge is -1.97. The lowest BCUT2D eigenvalue weighted by atomic mass is 10.5. The first-order valence-electron chi connectivity index (χ1n) is 3.26. The maximum Gasteiger partial charge on any atom is 0.241 e. The summed E-state index contributed by atoms with van der Waals surface area (Å²) in [5, 5.41) is 12.1. The number of fused-ring (bicyclic) bond motifs is 1. The maximum absolute atomic E-state index is 11.0. The largest absolute Gasteiger partial charge is 0.243 e. The first-order chi connectivity index (χ1) is 6.09. The highest BCUT2D eigenvalue weighted by Gasteiger charge is 2.13. The van der Waals surface area contributed by atoms with Crippen LogP contribution in [0.5, 0.6) is 0 Å². The summed E-state index contributed by atoms with van der Waals surface area (Å²) in [4.78, 5) is 3.57. The quantitative estimate of drug-likeness (QED) is 0.619. The number of nitrogens with zero attached hydrogens (tertiary/aromatic N) is 4. The minimum atomic E-state index is -3.76. The molecular formula is C5H5N5O2S. The van der Waals surface area contributed by atoms with E-state index >= 15 is 0 Å². The van der Waals surface area contributed by atoms with Crippen molar-refractivity contribution in [1.82, 2.24) is 19.8 Å². The Balaban J connectivity index is 2.91. The predicted octanol–water partition coefficient (Wildman–Crippen LogP) is -1.23. The Hall–Kier alpha value is -1.54. The van der Waals surface area contributed by atoms with Crippen LogP contribution < -0.4 is 5.14 Å². The van der Waals surface area contributed by atoms with Crippen LogP contribution in [0.25, 0.3) is 5.52 Å². The molecule has 2 heterocycles. The lowest BCUT2D eigenvalue weighted by Crippen LogP contribution is -2.13. The average molecular weight is 199 g/mol. The van der Waals surface area contributed by atoms with Gasteiger partial charge in [-0.3, -0.25) is 0 Å². The van der Waals surface area contributed by atoms with Gasteiger partial charge in [0.05, 0.1) is 12.4 Å². The Morgan fingerprint density at radius 3 is 2.85 bits per heavy atom. The van der Waals surface area contributed by atoms with Crippen LogP contribution in [0.15, 0.2) is 23.6 Å². The second-order valence-corrected chi connectivity index (χ2v) is 3.90. The molecule has 13 heavy (non-hydrogen) atoms. The standard InChI is InChI=1S/C5H5N5O2S/c6-13(11,12)5-2-7-3-10-4(5)1-8-9-10/h1-3H,(H2,6,11,12). The molecule has 0 amide bonds. The van der Waals surface area contributed by atoms with Gasteiger partial charge in [-0.05, 0) is 0 Å². The number of hydrogen-bond donors (Lipinski definition) is 1. The lowest BCUT2D eigenvalue weighted by molar-refractivity contribution is 0.597. The third-order valence-electron chi connectivity index (χ3n) is 1.50. The molecule has 0 radical (unpaired) electrons. The Morgan fingerprint density at radius 2 is 2.15 bits per heavy atom. The van der Waals surface area contributed by atoms with Crippen molar-refractivity contribution in [2.75, 3.05) is 0 Å². The summed E-state index contributed by atoms with van der Waals surface area (Å²) in [6.07, 6.45) is 3.81. The van der Waals surface area contributed by atoms with Crippen LogP contribution in [-0.4, -0.2) is 28.2 Å². The number of primary sulfonamides is 1. The Bertz CT molecular complexity index is 545. The van der Waals surface area contributed by atoms with E-state index in [9.17, 15) is 8.42 Å². The number of hydrogen-bond acceptors (Lipinski definition) is 5. The molecule has 2 aromatic heterocycles. The fourth-order valence-corrected chi connectivity index (χ4v) is 1.60. The molecule has 7 nitrogen and oxygen atoms in total. The molecule has 0 saturated heterocycles. The van der Waals surface area contributed by atoms with Gasteiger partial charge in [0, 0.05) is 0 Å². The topological polar surface area (TPSA) is 103 Å². The van der Waals surface area contributed by atoms with E-state index < -0.39 is 10.0 Å². The van der Waals surface area contributed by atoms with Crippen molar-refractivity contribution in [2.45, 2.75) is 4.90 Å². The maximum atomic E-state index is 11.0. The summed E-state index contributed by atoms with van der Waals surface area (Å²) >= 11 is 0. The van der Waals surface area contributed by atoms with Gasteiger partial charge in [0.15, 0.2) is 0 Å². The molecular weight excluding hydrogens is 194 g/mol.